The van der Waals surface area contributed by atoms with Crippen molar-refractivity contribution in [2.45, 2.75) is 82.2 Å². The van der Waals surface area contributed by atoms with Crippen LogP contribution in [0.2, 0.25) is 5.54 Å². The Kier molecular flexibility index (Phi) is 7.81. The van der Waals surface area contributed by atoms with Gasteiger partial charge in [0, 0.05) is 0 Å². The lowest BCUT2D eigenvalue weighted by Gasteiger charge is -2.44. The van der Waals surface area contributed by atoms with Gasteiger partial charge in [-0.3, -0.25) is 0 Å². The van der Waals surface area contributed by atoms with Gasteiger partial charge in [0.2, 0.25) is 0 Å². The Labute approximate surface area is 219 Å². The number of hydrogen-bond acceptors (Lipinski definition) is 2. The fourth-order valence-electron chi connectivity index (χ4n) is 7.04. The molecule has 0 saturated heterocycles. The molecule has 0 unspecified atom stereocenters. The first kappa shape index (κ1) is 25.4. The molecule has 0 bridgehead atoms. The van der Waals surface area contributed by atoms with Crippen molar-refractivity contribution < 1.29 is 9.47 Å². The predicted octanol–water partition coefficient (Wildman–Crippen LogP) is 7.39. The van der Waals surface area contributed by atoms with Crippen LogP contribution in [0.15, 0.2) is 91.0 Å². The van der Waals surface area contributed by atoms with Crippen molar-refractivity contribution in [1.82, 2.24) is 0 Å². The largest absolute Gasteiger partial charge is 0.373 e. The molecule has 0 amide bonds. The zero-order chi connectivity index (χ0) is 25.1. The van der Waals surface area contributed by atoms with Gasteiger partial charge in [-0.05, 0) is 69.6 Å². The molecule has 3 aromatic rings. The normalized spacial score (nSPS) is 25.3. The van der Waals surface area contributed by atoms with Gasteiger partial charge in [0.15, 0.2) is 0 Å². The average Bonchev–Trinajstić information content (AvgIpc) is 3.58. The Hall–Kier alpha value is -2.20. The summed E-state index contributed by atoms with van der Waals surface area (Å²) in [5.74, 6) is 1.37. The van der Waals surface area contributed by atoms with Gasteiger partial charge >= 0.3 is 0 Å². The van der Waals surface area contributed by atoms with Crippen LogP contribution >= 0.6 is 0 Å². The van der Waals surface area contributed by atoms with Gasteiger partial charge in [0.05, 0.1) is 32.5 Å². The van der Waals surface area contributed by atoms with E-state index in [-0.39, 0.29) is 24.4 Å². The van der Waals surface area contributed by atoms with Crippen molar-refractivity contribution in [2.75, 3.05) is 0 Å². The highest BCUT2D eigenvalue weighted by atomic mass is 28.3. The lowest BCUT2D eigenvalue weighted by molar-refractivity contribution is -0.106. The van der Waals surface area contributed by atoms with Gasteiger partial charge in [-0.25, -0.2) is 0 Å². The zero-order valence-electron chi connectivity index (χ0n) is 22.3. The van der Waals surface area contributed by atoms with E-state index in [9.17, 15) is 0 Å². The predicted molar refractivity (Wildman–Crippen MR) is 152 cm³/mol. The molecule has 5 rings (SSSR count). The van der Waals surface area contributed by atoms with Gasteiger partial charge < -0.3 is 9.47 Å². The lowest BCUT2D eigenvalue weighted by atomic mass is 10.1. The van der Waals surface area contributed by atoms with Gasteiger partial charge in [-0.2, -0.15) is 0 Å². The van der Waals surface area contributed by atoms with E-state index in [1.165, 1.54) is 41.2 Å². The second kappa shape index (κ2) is 11.0. The van der Waals surface area contributed by atoms with Crippen LogP contribution in [0.5, 0.6) is 0 Å². The molecule has 2 aliphatic rings. The van der Waals surface area contributed by atoms with Crippen molar-refractivity contribution in [3.05, 3.63) is 108 Å². The summed E-state index contributed by atoms with van der Waals surface area (Å²) >= 11 is 0. The molecule has 0 heterocycles. The molecule has 0 spiro atoms. The second-order valence-corrected chi connectivity index (χ2v) is 16.2. The van der Waals surface area contributed by atoms with Crippen LogP contribution in [0, 0.1) is 11.8 Å². The molecule has 5 atom stereocenters. The summed E-state index contributed by atoms with van der Waals surface area (Å²) in [6.45, 7) is 8.75. The third kappa shape index (κ3) is 5.69. The molecule has 0 radical (unpaired) electrons. The fourth-order valence-corrected chi connectivity index (χ4v) is 13.5. The fraction of sp³-hybridized carbons (Fsp3) is 0.455. The summed E-state index contributed by atoms with van der Waals surface area (Å²) in [7, 11) is -2.03. The Morgan fingerprint density at radius 2 is 0.972 bits per heavy atom. The quantitative estimate of drug-likeness (QED) is 0.257. The van der Waals surface area contributed by atoms with E-state index < -0.39 is 8.07 Å². The van der Waals surface area contributed by atoms with Crippen LogP contribution < -0.4 is 0 Å². The first-order chi connectivity index (χ1) is 17.4. The summed E-state index contributed by atoms with van der Waals surface area (Å²) in [6, 6.07) is 37.3. The third-order valence-corrected chi connectivity index (χ3v) is 13.7. The van der Waals surface area contributed by atoms with Crippen LogP contribution in [0.25, 0.3) is 0 Å². The number of rotatable bonds is 11. The molecule has 0 N–H and O–H groups in total. The van der Waals surface area contributed by atoms with Gasteiger partial charge in [-0.15, -0.1) is 0 Å². The highest BCUT2D eigenvalue weighted by Gasteiger charge is 2.66. The highest BCUT2D eigenvalue weighted by molar-refractivity contribution is 6.80. The summed E-state index contributed by atoms with van der Waals surface area (Å²) in [5.41, 5.74) is 5.01. The molecule has 36 heavy (non-hydrogen) atoms. The Morgan fingerprint density at radius 3 is 1.36 bits per heavy atom. The minimum atomic E-state index is -2.03. The van der Waals surface area contributed by atoms with E-state index in [0.717, 1.165) is 5.92 Å². The highest BCUT2D eigenvalue weighted by Crippen LogP contribution is 2.64. The molecule has 2 fully saturated rings. The summed E-state index contributed by atoms with van der Waals surface area (Å²) in [5, 5.41) is 0. The first-order valence-electron chi connectivity index (χ1n) is 13.9. The summed E-state index contributed by atoms with van der Waals surface area (Å²) in [6.07, 6.45) is 2.12. The van der Waals surface area contributed by atoms with Crippen molar-refractivity contribution in [3.63, 3.8) is 0 Å². The molecule has 2 aliphatic carbocycles. The van der Waals surface area contributed by atoms with Crippen molar-refractivity contribution in [3.8, 4) is 0 Å². The van der Waals surface area contributed by atoms with E-state index in [0.29, 0.717) is 11.5 Å². The number of ether oxygens (including phenoxy) is 2. The van der Waals surface area contributed by atoms with Crippen molar-refractivity contribution in [2.24, 2.45) is 11.8 Å². The number of hydrogen-bond donors (Lipinski definition) is 0. The maximum absolute atomic E-state index is 6.87. The molecular weight excluding hydrogens is 456 g/mol. The Bertz CT molecular complexity index is 981. The Balaban J connectivity index is 1.63. The molecule has 190 valence electrons. The number of benzene rings is 3. The lowest BCUT2D eigenvalue weighted by Crippen LogP contribution is -2.54. The molecule has 3 heteroatoms. The van der Waals surface area contributed by atoms with Gasteiger partial charge in [0.25, 0.3) is 0 Å². The average molecular weight is 499 g/mol. The van der Waals surface area contributed by atoms with Crippen molar-refractivity contribution >= 4 is 8.07 Å². The minimum Gasteiger partial charge on any atom is -0.373 e. The van der Waals surface area contributed by atoms with E-state index in [1.807, 2.05) is 0 Å². The molecule has 0 aliphatic heterocycles. The van der Waals surface area contributed by atoms with Crippen LogP contribution in [-0.2, 0) is 27.6 Å². The summed E-state index contributed by atoms with van der Waals surface area (Å²) < 4.78 is 13.5. The van der Waals surface area contributed by atoms with E-state index in [1.54, 1.807) is 0 Å². The third-order valence-electron chi connectivity index (χ3n) is 8.21. The minimum absolute atomic E-state index is 0.180. The maximum Gasteiger partial charge on any atom is 0.0871 e. The zero-order valence-corrected chi connectivity index (χ0v) is 23.3. The topological polar surface area (TPSA) is 18.5 Å². The Morgan fingerprint density at radius 1 is 0.583 bits per heavy atom. The molecule has 0 aromatic heterocycles. The molecular formula is C33H42O2Si. The first-order valence-corrected chi connectivity index (χ1v) is 16.6. The monoisotopic (exact) mass is 498 g/mol. The van der Waals surface area contributed by atoms with E-state index in [4.69, 9.17) is 9.47 Å². The van der Waals surface area contributed by atoms with Crippen LogP contribution in [0.1, 0.15) is 50.8 Å². The van der Waals surface area contributed by atoms with Crippen molar-refractivity contribution in [1.29, 1.82) is 0 Å². The SMILES string of the molecule is CC(C)O[C@@H]1[C@@H]2C[C@@H]2[C@@H]([Si](Cc2ccccc2)(Cc2ccccc2)Cc2ccccc2)[C@@H]1OC(C)C. The maximum atomic E-state index is 6.87. The molecule has 2 saturated carbocycles. The standard InChI is InChI=1S/C33H42O2Si/c1-24(2)34-31-29-20-30(29)33(32(31)35-25(3)4)36(21-26-14-8-5-9-15-26,22-27-16-10-6-11-17-27)23-28-18-12-7-13-19-28/h5-19,24-25,29-33H,20-23H2,1-4H3/t29-,30+,31-,32-,33-/m1/s1. The molecule has 2 nitrogen and oxygen atoms in total. The van der Waals surface area contributed by atoms with Gasteiger partial charge in [0.1, 0.15) is 0 Å². The van der Waals surface area contributed by atoms with E-state index in [2.05, 4.69) is 119 Å². The van der Waals surface area contributed by atoms with Crippen LogP contribution in [0.4, 0.5) is 0 Å². The smallest absolute Gasteiger partial charge is 0.0871 e. The van der Waals surface area contributed by atoms with Crippen LogP contribution in [-0.4, -0.2) is 32.5 Å². The second-order valence-electron chi connectivity index (χ2n) is 11.7. The number of fused-ring (bicyclic) bond motifs is 1. The van der Waals surface area contributed by atoms with Crippen LogP contribution in [0.3, 0.4) is 0 Å². The van der Waals surface area contributed by atoms with E-state index >= 15 is 0 Å². The van der Waals surface area contributed by atoms with Gasteiger partial charge in [-0.1, -0.05) is 108 Å². The molecule has 3 aromatic carbocycles. The summed E-state index contributed by atoms with van der Waals surface area (Å²) in [4.78, 5) is 0.